The Morgan fingerprint density at radius 1 is 0.475 bits per heavy atom. The molecule has 6 heteroatoms. The molecule has 0 N–H and O–H groups in total. The van der Waals surface area contributed by atoms with E-state index in [9.17, 15) is 0 Å². The Balaban J connectivity index is 1.02. The fraction of sp³-hybridized carbons (Fsp3) is 0.0377. The van der Waals surface area contributed by atoms with E-state index in [0.717, 1.165) is 56.2 Å². The van der Waals surface area contributed by atoms with E-state index in [1.807, 2.05) is 18.2 Å². The Morgan fingerprint density at radius 2 is 1.15 bits per heavy atom. The summed E-state index contributed by atoms with van der Waals surface area (Å²) in [5.74, 6) is 3.02. The number of ether oxygens (including phenoxy) is 2. The van der Waals surface area contributed by atoms with Gasteiger partial charge in [-0.3, -0.25) is 4.57 Å². The Labute approximate surface area is 342 Å². The number of nitrogens with zero attached hydrogens (tertiary/aromatic N) is 4. The zero-order chi connectivity index (χ0) is 39.3. The molecule has 0 bridgehead atoms. The molecule has 0 amide bonds. The molecule has 0 spiro atoms. The van der Waals surface area contributed by atoms with E-state index < -0.39 is 0 Å². The third-order valence-electron chi connectivity index (χ3n) is 11.4. The minimum atomic E-state index is 0.607. The molecule has 1 aliphatic rings. The molecule has 0 saturated carbocycles. The summed E-state index contributed by atoms with van der Waals surface area (Å²) in [6, 6.07) is 68.3. The van der Waals surface area contributed by atoms with E-state index in [-0.39, 0.29) is 0 Å². The number of hydrogen-bond donors (Lipinski definition) is 0. The van der Waals surface area contributed by atoms with E-state index >= 15 is 0 Å². The standard InChI is InChI=1S/C53H38N4O2/c1-58-40-30-31-54-51(34-40)57-48-25-11-10-22-46(48)47-28-27-42(33-50(47)57)59-41-20-12-19-39(32-41)55-35-56(53-45-21-9-8-18-38(45)26-29-49(53)55)52-43(36-14-4-2-5-15-36)23-13-24-44(52)37-16-6-3-7-17-37/h2-34H,35H2,1H3. The number of aromatic nitrogens is 2. The van der Waals surface area contributed by atoms with Crippen LogP contribution in [0.2, 0.25) is 0 Å². The van der Waals surface area contributed by atoms with E-state index in [0.29, 0.717) is 6.67 Å². The van der Waals surface area contributed by atoms with Gasteiger partial charge in [0.2, 0.25) is 0 Å². The zero-order valence-corrected chi connectivity index (χ0v) is 32.4. The van der Waals surface area contributed by atoms with Crippen LogP contribution in [0.5, 0.6) is 17.2 Å². The van der Waals surface area contributed by atoms with Crippen molar-refractivity contribution in [1.82, 2.24) is 9.55 Å². The molecular weight excluding hydrogens is 725 g/mol. The van der Waals surface area contributed by atoms with Crippen LogP contribution in [0.25, 0.3) is 60.6 Å². The van der Waals surface area contributed by atoms with Crippen molar-refractivity contribution in [3.05, 3.63) is 200 Å². The maximum atomic E-state index is 6.74. The fourth-order valence-electron chi connectivity index (χ4n) is 8.73. The van der Waals surface area contributed by atoms with Crippen LogP contribution in [-0.4, -0.2) is 23.3 Å². The first-order chi connectivity index (χ1) is 29.2. The van der Waals surface area contributed by atoms with Crippen LogP contribution in [0, 0.1) is 0 Å². The number of anilines is 4. The van der Waals surface area contributed by atoms with E-state index in [4.69, 9.17) is 14.5 Å². The highest BCUT2D eigenvalue weighted by Crippen LogP contribution is 2.53. The van der Waals surface area contributed by atoms with Gasteiger partial charge in [0.15, 0.2) is 0 Å². The topological polar surface area (TPSA) is 42.8 Å². The summed E-state index contributed by atoms with van der Waals surface area (Å²) in [5, 5.41) is 4.68. The van der Waals surface area contributed by atoms with E-state index in [1.54, 1.807) is 13.3 Å². The van der Waals surface area contributed by atoms with E-state index in [1.165, 1.54) is 44.4 Å². The quantitative estimate of drug-likeness (QED) is 0.154. The van der Waals surface area contributed by atoms with Crippen molar-refractivity contribution in [2.75, 3.05) is 23.6 Å². The first-order valence-electron chi connectivity index (χ1n) is 19.8. The summed E-state index contributed by atoms with van der Waals surface area (Å²) < 4.78 is 14.5. The van der Waals surface area contributed by atoms with Crippen molar-refractivity contribution in [2.45, 2.75) is 0 Å². The van der Waals surface area contributed by atoms with Gasteiger partial charge < -0.3 is 19.3 Å². The largest absolute Gasteiger partial charge is 0.497 e. The molecule has 6 nitrogen and oxygen atoms in total. The van der Waals surface area contributed by atoms with Crippen LogP contribution in [0.4, 0.5) is 22.7 Å². The van der Waals surface area contributed by atoms with Crippen molar-refractivity contribution in [1.29, 1.82) is 0 Å². The summed E-state index contributed by atoms with van der Waals surface area (Å²) in [7, 11) is 1.68. The molecule has 2 aromatic heterocycles. The molecule has 11 rings (SSSR count). The van der Waals surface area contributed by atoms with Gasteiger partial charge in [0.05, 0.1) is 35.2 Å². The number of methoxy groups -OCH3 is 1. The maximum Gasteiger partial charge on any atom is 0.141 e. The molecule has 1 aliphatic heterocycles. The third kappa shape index (κ3) is 5.92. The first kappa shape index (κ1) is 34.4. The predicted molar refractivity (Wildman–Crippen MR) is 242 cm³/mol. The maximum absolute atomic E-state index is 6.74. The average molecular weight is 763 g/mol. The molecule has 0 atom stereocenters. The lowest BCUT2D eigenvalue weighted by molar-refractivity contribution is 0.414. The van der Waals surface area contributed by atoms with Gasteiger partial charge in [0.1, 0.15) is 29.7 Å². The average Bonchev–Trinajstić information content (AvgIpc) is 3.86. The van der Waals surface area contributed by atoms with Crippen LogP contribution in [-0.2, 0) is 0 Å². The number of benzene rings is 8. The fourth-order valence-corrected chi connectivity index (χ4v) is 8.73. The van der Waals surface area contributed by atoms with E-state index in [2.05, 4.69) is 190 Å². The normalized spacial score (nSPS) is 12.4. The Bertz CT molecular complexity index is 3120. The van der Waals surface area contributed by atoms with Gasteiger partial charge in [-0.15, -0.1) is 0 Å². The predicted octanol–water partition coefficient (Wildman–Crippen LogP) is 13.7. The van der Waals surface area contributed by atoms with Gasteiger partial charge >= 0.3 is 0 Å². The lowest BCUT2D eigenvalue weighted by atomic mass is 9.94. The van der Waals surface area contributed by atoms with Crippen LogP contribution in [0.3, 0.4) is 0 Å². The third-order valence-corrected chi connectivity index (χ3v) is 11.4. The number of rotatable bonds is 8. The Kier molecular flexibility index (Phi) is 8.33. The Morgan fingerprint density at radius 3 is 1.93 bits per heavy atom. The Hall–Kier alpha value is -7.83. The molecule has 0 fully saturated rings. The molecule has 0 saturated heterocycles. The van der Waals surface area contributed by atoms with Gasteiger partial charge in [0.25, 0.3) is 0 Å². The number of fused-ring (bicyclic) bond motifs is 6. The molecule has 0 aliphatic carbocycles. The zero-order valence-electron chi connectivity index (χ0n) is 32.4. The van der Waals surface area contributed by atoms with Gasteiger partial charge in [-0.2, -0.15) is 0 Å². The summed E-state index contributed by atoms with van der Waals surface area (Å²) in [6.07, 6.45) is 1.78. The second kappa shape index (κ2) is 14.3. The lowest BCUT2D eigenvalue weighted by Crippen LogP contribution is -2.25. The van der Waals surface area contributed by atoms with Gasteiger partial charge in [0, 0.05) is 57.4 Å². The highest BCUT2D eigenvalue weighted by molar-refractivity contribution is 6.10. The van der Waals surface area contributed by atoms with Gasteiger partial charge in [-0.05, 0) is 59.0 Å². The van der Waals surface area contributed by atoms with Crippen LogP contribution in [0.15, 0.2) is 200 Å². The van der Waals surface area contributed by atoms with Crippen molar-refractivity contribution in [2.24, 2.45) is 0 Å². The van der Waals surface area contributed by atoms with Gasteiger partial charge in [-0.1, -0.05) is 133 Å². The van der Waals surface area contributed by atoms with Crippen LogP contribution >= 0.6 is 0 Å². The van der Waals surface area contributed by atoms with Crippen molar-refractivity contribution >= 4 is 55.3 Å². The number of hydrogen-bond acceptors (Lipinski definition) is 5. The molecular formula is C53H38N4O2. The smallest absolute Gasteiger partial charge is 0.141 e. The molecule has 3 heterocycles. The summed E-state index contributed by atoms with van der Waals surface area (Å²) in [6.45, 7) is 0.607. The first-order valence-corrected chi connectivity index (χ1v) is 19.8. The molecule has 0 unspecified atom stereocenters. The molecule has 0 radical (unpaired) electrons. The number of para-hydroxylation sites is 2. The number of pyridine rings is 1. The van der Waals surface area contributed by atoms with Crippen LogP contribution < -0.4 is 19.3 Å². The summed E-state index contributed by atoms with van der Waals surface area (Å²) >= 11 is 0. The second-order valence-corrected chi connectivity index (χ2v) is 14.8. The van der Waals surface area contributed by atoms with Crippen molar-refractivity contribution < 1.29 is 9.47 Å². The minimum absolute atomic E-state index is 0.607. The SMILES string of the molecule is COc1ccnc(-n2c3ccccc3c3ccc(Oc4cccc(N5CN(c6c(-c7ccccc7)cccc6-c6ccccc6)c6c5ccc5ccccc65)c4)cc32)c1. The molecule has 59 heavy (non-hydrogen) atoms. The molecule has 282 valence electrons. The van der Waals surface area contributed by atoms with Crippen molar-refractivity contribution in [3.8, 4) is 45.3 Å². The summed E-state index contributed by atoms with van der Waals surface area (Å²) in [4.78, 5) is 9.66. The second-order valence-electron chi connectivity index (χ2n) is 14.8. The highest BCUT2D eigenvalue weighted by atomic mass is 16.5. The highest BCUT2D eigenvalue weighted by Gasteiger charge is 2.33. The minimum Gasteiger partial charge on any atom is -0.497 e. The lowest BCUT2D eigenvalue weighted by Gasteiger charge is -2.27. The van der Waals surface area contributed by atoms with Crippen LogP contribution in [0.1, 0.15) is 0 Å². The molecule has 8 aromatic carbocycles. The monoisotopic (exact) mass is 762 g/mol. The molecule has 10 aromatic rings. The summed E-state index contributed by atoms with van der Waals surface area (Å²) in [5.41, 5.74) is 11.3. The van der Waals surface area contributed by atoms with Gasteiger partial charge in [-0.25, -0.2) is 4.98 Å². The van der Waals surface area contributed by atoms with Crippen molar-refractivity contribution in [3.63, 3.8) is 0 Å².